The molecule has 0 aliphatic carbocycles. The van der Waals surface area contributed by atoms with Gasteiger partial charge in [-0.1, -0.05) is 30.7 Å². The van der Waals surface area contributed by atoms with E-state index in [-0.39, 0.29) is 60.0 Å². The summed E-state index contributed by atoms with van der Waals surface area (Å²) in [7, 11) is 2.40. The Morgan fingerprint density at radius 1 is 0.850 bits per heavy atom. The molecule has 6 atom stereocenters. The molecular formula is C43H57N5O11S. The minimum atomic E-state index is -1.22. The molecule has 4 N–H and O–H groups in total. The number of ketones is 1. The first-order valence-corrected chi connectivity index (χ1v) is 21.5. The average molecular weight is 852 g/mol. The predicted molar refractivity (Wildman–Crippen MR) is 223 cm³/mol. The summed E-state index contributed by atoms with van der Waals surface area (Å²) in [4.78, 5) is 90.5. The van der Waals surface area contributed by atoms with Gasteiger partial charge in [0.25, 0.3) is 5.91 Å². The van der Waals surface area contributed by atoms with Crippen molar-refractivity contribution in [1.29, 1.82) is 0 Å². The van der Waals surface area contributed by atoms with Gasteiger partial charge < -0.3 is 40.2 Å². The number of ether oxygens (including phenoxy) is 4. The van der Waals surface area contributed by atoms with Crippen LogP contribution in [0.25, 0.3) is 0 Å². The van der Waals surface area contributed by atoms with Crippen LogP contribution in [0.4, 0.5) is 9.59 Å². The summed E-state index contributed by atoms with van der Waals surface area (Å²) in [5.74, 6) is -1.81. The summed E-state index contributed by atoms with van der Waals surface area (Å²) in [5.41, 5.74) is 0.00599. The number of thioether (sulfide) groups is 1. The van der Waals surface area contributed by atoms with Crippen LogP contribution in [-0.4, -0.2) is 121 Å². The highest BCUT2D eigenvalue weighted by Gasteiger charge is 2.52. The molecule has 3 heterocycles. The molecule has 3 aliphatic heterocycles. The van der Waals surface area contributed by atoms with Gasteiger partial charge in [0.1, 0.15) is 23.5 Å². The number of esters is 2. The van der Waals surface area contributed by atoms with Crippen LogP contribution >= 0.6 is 11.8 Å². The number of unbranched alkanes of at least 4 members (excludes halogenated alkanes) is 3. The van der Waals surface area contributed by atoms with Crippen molar-refractivity contribution >= 4 is 53.4 Å². The number of para-hydroxylation sites is 1. The van der Waals surface area contributed by atoms with E-state index in [0.29, 0.717) is 35.9 Å². The zero-order valence-corrected chi connectivity index (χ0v) is 35.7. The van der Waals surface area contributed by atoms with Gasteiger partial charge in [-0.25, -0.2) is 14.4 Å². The van der Waals surface area contributed by atoms with E-state index in [1.54, 1.807) is 69.3 Å². The Hall–Kier alpha value is -5.32. The van der Waals surface area contributed by atoms with E-state index in [1.165, 1.54) is 19.1 Å². The molecule has 60 heavy (non-hydrogen) atoms. The Kier molecular flexibility index (Phi) is 16.2. The van der Waals surface area contributed by atoms with E-state index in [1.807, 2.05) is 11.8 Å². The molecule has 5 rings (SSSR count). The highest BCUT2D eigenvalue weighted by atomic mass is 32.2. The monoisotopic (exact) mass is 851 g/mol. The number of rotatable bonds is 19. The number of nitrogens with one attached hydrogen (secondary N) is 4. The lowest BCUT2D eigenvalue weighted by Gasteiger charge is -2.28. The van der Waals surface area contributed by atoms with Crippen molar-refractivity contribution in [3.8, 4) is 5.75 Å². The number of fused-ring (bicyclic) bond motifs is 1. The Balaban J connectivity index is 1.07. The number of hydrogen-bond donors (Lipinski definition) is 4. The van der Waals surface area contributed by atoms with Crippen molar-refractivity contribution in [2.24, 2.45) is 5.92 Å². The second kappa shape index (κ2) is 21.3. The molecule has 3 saturated heterocycles. The number of nitrogens with zero attached hydrogens (tertiary/aromatic N) is 1. The van der Waals surface area contributed by atoms with Gasteiger partial charge in [0.15, 0.2) is 5.78 Å². The summed E-state index contributed by atoms with van der Waals surface area (Å²) >= 11 is 1.88. The van der Waals surface area contributed by atoms with Crippen LogP contribution < -0.4 is 26.0 Å². The summed E-state index contributed by atoms with van der Waals surface area (Å²) in [6.07, 6.45) is 3.56. The molecular weight excluding hydrogens is 795 g/mol. The largest absolute Gasteiger partial charge is 0.487 e. The van der Waals surface area contributed by atoms with E-state index in [0.717, 1.165) is 44.3 Å². The minimum Gasteiger partial charge on any atom is -0.487 e. The molecule has 3 aliphatic rings. The minimum absolute atomic E-state index is 0.0348. The Labute approximate surface area is 354 Å². The standard InChI is InChI=1S/C43H57N5O11S/c1-43(2,3)59-42(55)48-24-32(29(23-35(50)56-4)37(48)40(53)57-5)58-31-14-8-7-13-28(31)38(51)26-17-19-27(20-18-26)39(52)45-22-12-6-11-21-44-34(49)16-10-9-15-33-36-30(25-60-33)46-41(54)47-36/h7-8,13-14,17-20,29-30,32-33,36-37H,6,9-12,15-16,21-25H2,1-5H3,(H,44,49)(H,45,52)(H2,46,47,54)/t29-,30-,32-,33-,36-,37-/m0/s1. The van der Waals surface area contributed by atoms with Crippen LogP contribution in [0.2, 0.25) is 0 Å². The van der Waals surface area contributed by atoms with E-state index in [9.17, 15) is 33.6 Å². The maximum Gasteiger partial charge on any atom is 0.411 e. The summed E-state index contributed by atoms with van der Waals surface area (Å²) < 4.78 is 21.8. The Morgan fingerprint density at radius 3 is 2.25 bits per heavy atom. The Morgan fingerprint density at radius 2 is 1.55 bits per heavy atom. The molecule has 0 unspecified atom stereocenters. The fourth-order valence-electron chi connectivity index (χ4n) is 7.62. The fourth-order valence-corrected chi connectivity index (χ4v) is 9.17. The van der Waals surface area contributed by atoms with Crippen LogP contribution in [0.5, 0.6) is 5.75 Å². The average Bonchev–Trinajstić information content (AvgIpc) is 3.90. The summed E-state index contributed by atoms with van der Waals surface area (Å²) in [6, 6.07) is 11.9. The third-order valence-corrected chi connectivity index (χ3v) is 12.2. The fraction of sp³-hybridized carbons (Fsp3) is 0.558. The van der Waals surface area contributed by atoms with Crippen LogP contribution in [-0.2, 0) is 28.6 Å². The lowest BCUT2D eigenvalue weighted by molar-refractivity contribution is -0.149. The van der Waals surface area contributed by atoms with Gasteiger partial charge in [0, 0.05) is 47.6 Å². The third-order valence-electron chi connectivity index (χ3n) is 10.7. The van der Waals surface area contributed by atoms with Crippen LogP contribution in [0.1, 0.15) is 98.4 Å². The molecule has 0 radical (unpaired) electrons. The van der Waals surface area contributed by atoms with Gasteiger partial charge >= 0.3 is 24.1 Å². The molecule has 0 spiro atoms. The highest BCUT2D eigenvalue weighted by Crippen LogP contribution is 2.36. The van der Waals surface area contributed by atoms with Gasteiger partial charge in [0.2, 0.25) is 5.91 Å². The van der Waals surface area contributed by atoms with Crippen molar-refractivity contribution in [3.05, 3.63) is 65.2 Å². The van der Waals surface area contributed by atoms with Crippen molar-refractivity contribution in [1.82, 2.24) is 26.2 Å². The molecule has 3 fully saturated rings. The quantitative estimate of drug-likeness (QED) is 0.0511. The second-order valence-corrected chi connectivity index (χ2v) is 17.4. The first-order valence-electron chi connectivity index (χ1n) is 20.5. The van der Waals surface area contributed by atoms with Crippen molar-refractivity contribution < 1.29 is 52.5 Å². The highest BCUT2D eigenvalue weighted by molar-refractivity contribution is 8.00. The number of urea groups is 1. The van der Waals surface area contributed by atoms with E-state index >= 15 is 0 Å². The van der Waals surface area contributed by atoms with E-state index < -0.39 is 41.7 Å². The number of likely N-dealkylation sites (tertiary alicyclic amines) is 1. The molecule has 16 nitrogen and oxygen atoms in total. The first kappa shape index (κ1) is 45.8. The van der Waals surface area contributed by atoms with Gasteiger partial charge in [-0.2, -0.15) is 11.8 Å². The lowest BCUT2D eigenvalue weighted by Crippen LogP contribution is -2.46. The van der Waals surface area contributed by atoms with Gasteiger partial charge in [0.05, 0.1) is 44.8 Å². The smallest absolute Gasteiger partial charge is 0.411 e. The molecule has 5 amide bonds. The van der Waals surface area contributed by atoms with Gasteiger partial charge in [-0.3, -0.25) is 24.1 Å². The van der Waals surface area contributed by atoms with Gasteiger partial charge in [-0.15, -0.1) is 0 Å². The maximum atomic E-state index is 13.8. The number of amides is 5. The maximum absolute atomic E-state index is 13.8. The summed E-state index contributed by atoms with van der Waals surface area (Å²) in [6.45, 7) is 5.96. The molecule has 17 heteroatoms. The Bertz CT molecular complexity index is 1870. The number of hydrogen-bond acceptors (Lipinski definition) is 12. The van der Waals surface area contributed by atoms with Crippen LogP contribution in [0, 0.1) is 5.92 Å². The number of carbonyl (C=O) groups excluding carboxylic acids is 7. The van der Waals surface area contributed by atoms with Gasteiger partial charge in [-0.05, 0) is 77.1 Å². The third kappa shape index (κ3) is 12.4. The molecule has 0 bridgehead atoms. The number of methoxy groups -OCH3 is 2. The van der Waals surface area contributed by atoms with Crippen molar-refractivity contribution in [3.63, 3.8) is 0 Å². The van der Waals surface area contributed by atoms with E-state index in [4.69, 9.17) is 18.9 Å². The lowest BCUT2D eigenvalue weighted by atomic mass is 9.94. The SMILES string of the molecule is COC(=O)C[C@H]1[C@@H](Oc2ccccc2C(=O)c2ccc(C(=O)NCCCCCNC(=O)CCCC[C@@H]3SC[C@@H]4NC(=O)N[C@@H]43)cc2)CN(C(=O)OC(C)(C)C)[C@@H]1C(=O)OC. The topological polar surface area (TPSA) is 208 Å². The van der Waals surface area contributed by atoms with Crippen LogP contribution in [0.15, 0.2) is 48.5 Å². The molecule has 0 aromatic heterocycles. The first-order chi connectivity index (χ1) is 28.7. The summed E-state index contributed by atoms with van der Waals surface area (Å²) in [5, 5.41) is 12.2. The molecule has 326 valence electrons. The number of carbonyl (C=O) groups is 7. The van der Waals surface area contributed by atoms with Crippen LogP contribution in [0.3, 0.4) is 0 Å². The molecule has 2 aromatic carbocycles. The zero-order chi connectivity index (χ0) is 43.4. The second-order valence-electron chi connectivity index (χ2n) is 16.1. The molecule has 0 saturated carbocycles. The normalized spacial score (nSPS) is 21.9. The van der Waals surface area contributed by atoms with Crippen molar-refractivity contribution in [2.45, 2.75) is 107 Å². The molecule has 2 aromatic rings. The van der Waals surface area contributed by atoms with E-state index in [2.05, 4.69) is 21.3 Å². The van der Waals surface area contributed by atoms with Crippen molar-refractivity contribution in [2.75, 3.05) is 39.6 Å². The predicted octanol–water partition coefficient (Wildman–Crippen LogP) is 4.38. The zero-order valence-electron chi connectivity index (χ0n) is 34.9. The number of benzene rings is 2.